The lowest BCUT2D eigenvalue weighted by Gasteiger charge is -2.32. The fourth-order valence-corrected chi connectivity index (χ4v) is 3.97. The van der Waals surface area contributed by atoms with E-state index >= 15 is 0 Å². The van der Waals surface area contributed by atoms with Gasteiger partial charge >= 0.3 is 0 Å². The van der Waals surface area contributed by atoms with Gasteiger partial charge in [0.15, 0.2) is 6.61 Å². The van der Waals surface area contributed by atoms with Crippen molar-refractivity contribution in [2.75, 3.05) is 6.61 Å². The second-order valence-electron chi connectivity index (χ2n) is 9.23. The normalized spacial score (nSPS) is 12.5. The number of ether oxygens (including phenoxy) is 1. The summed E-state index contributed by atoms with van der Waals surface area (Å²) in [5, 5.41) is 3.04. The molecule has 6 heteroatoms. The molecule has 0 radical (unpaired) electrons. The minimum Gasteiger partial charge on any atom is -0.483 e. The molecule has 0 spiro atoms. The van der Waals surface area contributed by atoms with Crippen molar-refractivity contribution in [1.82, 2.24) is 10.2 Å². The Kier molecular flexibility index (Phi) is 9.62. The molecule has 3 aromatic carbocycles. The highest BCUT2D eigenvalue weighted by Crippen LogP contribution is 2.20. The van der Waals surface area contributed by atoms with Crippen LogP contribution in [0.25, 0.3) is 0 Å². The molecule has 0 saturated heterocycles. The summed E-state index contributed by atoms with van der Waals surface area (Å²) in [5.74, 6) is -0.279. The Labute approximate surface area is 213 Å². The van der Waals surface area contributed by atoms with E-state index in [4.69, 9.17) is 4.74 Å². The average molecular weight is 491 g/mol. The highest BCUT2D eigenvalue weighted by atomic mass is 19.1. The van der Waals surface area contributed by atoms with Gasteiger partial charge in [0.1, 0.15) is 17.6 Å². The minimum absolute atomic E-state index is 0.0370. The van der Waals surface area contributed by atoms with E-state index < -0.39 is 6.04 Å². The molecule has 0 aromatic heterocycles. The minimum atomic E-state index is -0.762. The maximum atomic E-state index is 13.6. The van der Waals surface area contributed by atoms with E-state index in [2.05, 4.69) is 5.32 Å². The maximum Gasteiger partial charge on any atom is 0.261 e. The van der Waals surface area contributed by atoms with Crippen molar-refractivity contribution in [3.63, 3.8) is 0 Å². The van der Waals surface area contributed by atoms with Gasteiger partial charge in [0.2, 0.25) is 5.91 Å². The van der Waals surface area contributed by atoms with Crippen LogP contribution in [0.1, 0.15) is 42.5 Å². The molecule has 1 N–H and O–H groups in total. The maximum absolute atomic E-state index is 13.6. The number of amides is 2. The molecule has 0 fully saturated rings. The molecule has 5 nitrogen and oxygen atoms in total. The predicted molar refractivity (Wildman–Crippen MR) is 140 cm³/mol. The molecule has 0 heterocycles. The third kappa shape index (κ3) is 7.67. The van der Waals surface area contributed by atoms with Crippen LogP contribution in [0, 0.1) is 19.7 Å². The first-order valence-corrected chi connectivity index (χ1v) is 12.3. The highest BCUT2D eigenvalue weighted by molar-refractivity contribution is 5.88. The number of hydrogen-bond donors (Lipinski definition) is 1. The fourth-order valence-electron chi connectivity index (χ4n) is 3.97. The van der Waals surface area contributed by atoms with E-state index in [9.17, 15) is 14.0 Å². The molecule has 3 rings (SSSR count). The number of halogens is 1. The summed E-state index contributed by atoms with van der Waals surface area (Å²) >= 11 is 0. The van der Waals surface area contributed by atoms with Crippen molar-refractivity contribution >= 4 is 11.8 Å². The molecule has 0 unspecified atom stereocenters. The zero-order chi connectivity index (χ0) is 26.1. The fraction of sp³-hybridized carbons (Fsp3) is 0.333. The molecule has 0 aliphatic heterocycles. The van der Waals surface area contributed by atoms with Crippen molar-refractivity contribution < 1.29 is 18.7 Å². The van der Waals surface area contributed by atoms with Gasteiger partial charge in [0.25, 0.3) is 5.91 Å². The van der Waals surface area contributed by atoms with Gasteiger partial charge in [0.05, 0.1) is 0 Å². The van der Waals surface area contributed by atoms with Crippen molar-refractivity contribution in [3.05, 3.63) is 101 Å². The number of nitrogens with zero attached hydrogens (tertiary/aromatic N) is 1. The zero-order valence-corrected chi connectivity index (χ0v) is 21.5. The summed E-state index contributed by atoms with van der Waals surface area (Å²) in [4.78, 5) is 28.6. The van der Waals surface area contributed by atoms with E-state index in [-0.39, 0.29) is 36.8 Å². The molecule has 0 aliphatic carbocycles. The van der Waals surface area contributed by atoms with Crippen molar-refractivity contribution in [2.45, 2.75) is 59.2 Å². The average Bonchev–Trinajstić information content (AvgIpc) is 2.87. The standard InChI is InChI=1S/C30H35FN2O3/c1-5-23(4)32-30(35)27(18-24-9-7-6-8-10-24)33(19-25-12-14-26(31)15-13-25)29(34)20-36-28-16-11-21(2)17-22(28)3/h6-17,23,27H,5,18-20H2,1-4H3,(H,32,35)/t23-,27-/m1/s1. The lowest BCUT2D eigenvalue weighted by molar-refractivity contribution is -0.143. The molecule has 0 bridgehead atoms. The van der Waals surface area contributed by atoms with Gasteiger partial charge in [-0.15, -0.1) is 0 Å². The molecule has 0 saturated carbocycles. The Balaban J connectivity index is 1.91. The number of nitrogens with one attached hydrogen (secondary N) is 1. The lowest BCUT2D eigenvalue weighted by atomic mass is 10.0. The lowest BCUT2D eigenvalue weighted by Crippen LogP contribution is -2.53. The smallest absolute Gasteiger partial charge is 0.261 e. The second-order valence-corrected chi connectivity index (χ2v) is 9.23. The summed E-state index contributed by atoms with van der Waals surface area (Å²) in [5.41, 5.74) is 3.71. The summed E-state index contributed by atoms with van der Waals surface area (Å²) in [6.45, 7) is 7.80. The first-order chi connectivity index (χ1) is 17.3. The third-order valence-corrected chi connectivity index (χ3v) is 6.22. The SMILES string of the molecule is CC[C@@H](C)NC(=O)[C@@H](Cc1ccccc1)N(Cc1ccc(F)cc1)C(=O)COc1ccc(C)cc1C. The van der Waals surface area contributed by atoms with Gasteiger partial charge < -0.3 is 15.0 Å². The Hall–Kier alpha value is -3.67. The molecule has 3 aromatic rings. The van der Waals surface area contributed by atoms with E-state index in [1.807, 2.05) is 76.2 Å². The van der Waals surface area contributed by atoms with Crippen LogP contribution in [0.3, 0.4) is 0 Å². The van der Waals surface area contributed by atoms with E-state index in [0.29, 0.717) is 12.2 Å². The summed E-state index contributed by atoms with van der Waals surface area (Å²) in [7, 11) is 0. The molecular formula is C30H35FN2O3. The van der Waals surface area contributed by atoms with Crippen LogP contribution in [0.4, 0.5) is 4.39 Å². The second kappa shape index (κ2) is 12.9. The first kappa shape index (κ1) is 26.9. The Bertz CT molecular complexity index is 1150. The van der Waals surface area contributed by atoms with Crippen LogP contribution in [-0.4, -0.2) is 35.4 Å². The number of hydrogen-bond acceptors (Lipinski definition) is 3. The van der Waals surface area contributed by atoms with Crippen LogP contribution in [0.15, 0.2) is 72.8 Å². The van der Waals surface area contributed by atoms with Gasteiger partial charge in [-0.2, -0.15) is 0 Å². The van der Waals surface area contributed by atoms with E-state index in [0.717, 1.165) is 28.7 Å². The van der Waals surface area contributed by atoms with Crippen LogP contribution in [0.5, 0.6) is 5.75 Å². The van der Waals surface area contributed by atoms with Gasteiger partial charge in [-0.05, 0) is 62.1 Å². The Morgan fingerprint density at radius 3 is 2.31 bits per heavy atom. The molecule has 0 aliphatic rings. The van der Waals surface area contributed by atoms with Gasteiger partial charge in [-0.1, -0.05) is 67.1 Å². The van der Waals surface area contributed by atoms with Crippen LogP contribution in [-0.2, 0) is 22.6 Å². The van der Waals surface area contributed by atoms with Crippen LogP contribution >= 0.6 is 0 Å². The van der Waals surface area contributed by atoms with Gasteiger partial charge in [-0.3, -0.25) is 9.59 Å². The quantitative estimate of drug-likeness (QED) is 0.393. The Morgan fingerprint density at radius 1 is 0.972 bits per heavy atom. The molecule has 2 atom stereocenters. The molecular weight excluding hydrogens is 455 g/mol. The molecule has 190 valence electrons. The number of rotatable bonds is 11. The zero-order valence-electron chi connectivity index (χ0n) is 21.5. The highest BCUT2D eigenvalue weighted by Gasteiger charge is 2.31. The van der Waals surface area contributed by atoms with Crippen molar-refractivity contribution in [1.29, 1.82) is 0 Å². The first-order valence-electron chi connectivity index (χ1n) is 12.3. The van der Waals surface area contributed by atoms with Crippen LogP contribution < -0.4 is 10.1 Å². The molecule has 2 amide bonds. The summed E-state index contributed by atoms with van der Waals surface area (Å²) in [6.07, 6.45) is 1.12. The number of aryl methyl sites for hydroxylation is 2. The third-order valence-electron chi connectivity index (χ3n) is 6.22. The van der Waals surface area contributed by atoms with E-state index in [1.165, 1.54) is 12.1 Å². The van der Waals surface area contributed by atoms with E-state index in [1.54, 1.807) is 17.0 Å². The predicted octanol–water partition coefficient (Wildman–Crippen LogP) is 5.38. The van der Waals surface area contributed by atoms with Gasteiger partial charge in [-0.25, -0.2) is 4.39 Å². The van der Waals surface area contributed by atoms with Crippen LogP contribution in [0.2, 0.25) is 0 Å². The summed E-state index contributed by atoms with van der Waals surface area (Å²) < 4.78 is 19.4. The summed E-state index contributed by atoms with van der Waals surface area (Å²) in [6, 6.07) is 20.6. The number of carbonyl (C=O) groups excluding carboxylic acids is 2. The number of benzene rings is 3. The number of carbonyl (C=O) groups is 2. The van der Waals surface area contributed by atoms with Crippen molar-refractivity contribution in [3.8, 4) is 5.75 Å². The molecule has 36 heavy (non-hydrogen) atoms. The monoisotopic (exact) mass is 490 g/mol. The topological polar surface area (TPSA) is 58.6 Å². The largest absolute Gasteiger partial charge is 0.483 e. The van der Waals surface area contributed by atoms with Crippen molar-refractivity contribution in [2.24, 2.45) is 0 Å². The Morgan fingerprint density at radius 2 is 1.67 bits per heavy atom. The van der Waals surface area contributed by atoms with Gasteiger partial charge in [0, 0.05) is 19.0 Å².